The Kier molecular flexibility index (Phi) is 5.22. The van der Waals surface area contributed by atoms with Gasteiger partial charge in [0, 0.05) is 22.9 Å². The maximum atomic E-state index is 12.9. The van der Waals surface area contributed by atoms with Crippen molar-refractivity contribution in [1.29, 1.82) is 0 Å². The molecule has 0 aliphatic carbocycles. The molecule has 0 fully saturated rings. The van der Waals surface area contributed by atoms with E-state index >= 15 is 0 Å². The molecule has 28 heavy (non-hydrogen) atoms. The third kappa shape index (κ3) is 3.91. The first-order chi connectivity index (χ1) is 13.3. The zero-order chi connectivity index (χ0) is 20.3. The number of carbonyl (C=O) groups excluding carboxylic acids is 2. The zero-order valence-corrected chi connectivity index (χ0v) is 16.0. The molecule has 1 amide bonds. The van der Waals surface area contributed by atoms with Crippen molar-refractivity contribution in [3.05, 3.63) is 82.6 Å². The molecule has 2 aromatic carbocycles. The van der Waals surface area contributed by atoms with E-state index < -0.39 is 11.4 Å². The highest BCUT2D eigenvalue weighted by Gasteiger charge is 2.32. The van der Waals surface area contributed by atoms with Crippen LogP contribution in [0.15, 0.2) is 71.5 Å². The van der Waals surface area contributed by atoms with Crippen LogP contribution in [0, 0.1) is 0 Å². The summed E-state index contributed by atoms with van der Waals surface area (Å²) in [6.45, 7) is 4.71. The Morgan fingerprint density at radius 1 is 0.964 bits per heavy atom. The predicted molar refractivity (Wildman–Crippen MR) is 108 cm³/mol. The lowest BCUT2D eigenvalue weighted by molar-refractivity contribution is -0.123. The van der Waals surface area contributed by atoms with Gasteiger partial charge in [-0.2, -0.15) is 5.10 Å². The minimum absolute atomic E-state index is 0.0937. The second-order valence-electron chi connectivity index (χ2n) is 6.98. The number of hydrogen-bond acceptors (Lipinski definition) is 4. The molecule has 3 aromatic rings. The van der Waals surface area contributed by atoms with Gasteiger partial charge in [0.25, 0.3) is 11.5 Å². The molecule has 0 atom stereocenters. The smallest absolute Gasteiger partial charge is 0.267 e. The van der Waals surface area contributed by atoms with Gasteiger partial charge in [0.2, 0.25) is 0 Å². The molecule has 0 saturated carbocycles. The first-order valence-corrected chi connectivity index (χ1v) is 8.88. The fourth-order valence-corrected chi connectivity index (χ4v) is 2.77. The normalized spacial score (nSPS) is 11.1. The third-order valence-electron chi connectivity index (χ3n) is 4.48. The van der Waals surface area contributed by atoms with Crippen LogP contribution in [0.5, 0.6) is 0 Å². The van der Waals surface area contributed by atoms with Crippen LogP contribution < -0.4 is 10.9 Å². The summed E-state index contributed by atoms with van der Waals surface area (Å²) in [4.78, 5) is 36.9. The second-order valence-corrected chi connectivity index (χ2v) is 6.98. The van der Waals surface area contributed by atoms with Crippen molar-refractivity contribution in [2.24, 2.45) is 0 Å². The number of aromatic nitrogens is 2. The van der Waals surface area contributed by atoms with Gasteiger partial charge < -0.3 is 5.32 Å². The van der Waals surface area contributed by atoms with E-state index in [1.165, 1.54) is 17.7 Å². The Morgan fingerprint density at radius 3 is 2.36 bits per heavy atom. The SMILES string of the molecule is CC(=O)c1cccc(NC(=O)C(C)(C)n2nc(-c3ccccc3)ccc2=O)c1. The quantitative estimate of drug-likeness (QED) is 0.692. The Hall–Kier alpha value is -3.54. The number of carbonyl (C=O) groups is 2. The average Bonchev–Trinajstić information content (AvgIpc) is 2.69. The number of hydrogen-bond donors (Lipinski definition) is 1. The molecule has 0 saturated heterocycles. The summed E-state index contributed by atoms with van der Waals surface area (Å²) in [5.74, 6) is -0.503. The zero-order valence-electron chi connectivity index (χ0n) is 16.0. The lowest BCUT2D eigenvalue weighted by atomic mass is 10.0. The van der Waals surface area contributed by atoms with Crippen molar-refractivity contribution in [1.82, 2.24) is 9.78 Å². The molecule has 1 heterocycles. The van der Waals surface area contributed by atoms with E-state index in [9.17, 15) is 14.4 Å². The Bertz CT molecular complexity index is 1090. The van der Waals surface area contributed by atoms with Crippen molar-refractivity contribution in [2.45, 2.75) is 26.3 Å². The van der Waals surface area contributed by atoms with Gasteiger partial charge in [-0.15, -0.1) is 0 Å². The van der Waals surface area contributed by atoms with Crippen molar-refractivity contribution in [3.8, 4) is 11.3 Å². The number of Topliss-reactive ketones (excluding diaryl/α,β-unsaturated/α-hetero) is 1. The summed E-state index contributed by atoms with van der Waals surface area (Å²) >= 11 is 0. The maximum absolute atomic E-state index is 12.9. The molecule has 6 heteroatoms. The average molecular weight is 375 g/mol. The summed E-state index contributed by atoms with van der Waals surface area (Å²) in [5, 5.41) is 7.18. The standard InChI is InChI=1S/C22H21N3O3/c1-15(26)17-10-7-11-18(14-17)23-21(28)22(2,3)25-20(27)13-12-19(24-25)16-8-5-4-6-9-16/h4-14H,1-3H3,(H,23,28). The van der Waals surface area contributed by atoms with E-state index in [0.29, 0.717) is 16.9 Å². The van der Waals surface area contributed by atoms with Gasteiger partial charge >= 0.3 is 0 Å². The first-order valence-electron chi connectivity index (χ1n) is 8.88. The largest absolute Gasteiger partial charge is 0.324 e. The Morgan fingerprint density at radius 2 is 1.68 bits per heavy atom. The summed E-state index contributed by atoms with van der Waals surface area (Å²) in [5.41, 5.74) is 0.808. The van der Waals surface area contributed by atoms with Crippen LogP contribution in [0.3, 0.4) is 0 Å². The molecule has 1 N–H and O–H groups in total. The number of ketones is 1. The maximum Gasteiger partial charge on any atom is 0.267 e. The molecule has 3 rings (SSSR count). The lowest BCUT2D eigenvalue weighted by Gasteiger charge is -2.25. The summed E-state index contributed by atoms with van der Waals surface area (Å²) in [7, 11) is 0. The van der Waals surface area contributed by atoms with Crippen LogP contribution in [0.1, 0.15) is 31.1 Å². The van der Waals surface area contributed by atoms with Gasteiger partial charge in [-0.3, -0.25) is 14.4 Å². The number of benzene rings is 2. The van der Waals surface area contributed by atoms with Crippen LogP contribution in [0.4, 0.5) is 5.69 Å². The molecule has 142 valence electrons. The van der Waals surface area contributed by atoms with Crippen LogP contribution in [-0.4, -0.2) is 21.5 Å². The highest BCUT2D eigenvalue weighted by Crippen LogP contribution is 2.20. The highest BCUT2D eigenvalue weighted by molar-refractivity contribution is 5.99. The summed E-state index contributed by atoms with van der Waals surface area (Å²) in [6.07, 6.45) is 0. The third-order valence-corrected chi connectivity index (χ3v) is 4.48. The molecule has 0 unspecified atom stereocenters. The van der Waals surface area contributed by atoms with Crippen molar-refractivity contribution in [3.63, 3.8) is 0 Å². The van der Waals surface area contributed by atoms with Crippen molar-refractivity contribution >= 4 is 17.4 Å². The Labute approximate surface area is 162 Å². The number of nitrogens with one attached hydrogen (secondary N) is 1. The summed E-state index contributed by atoms with van der Waals surface area (Å²) < 4.78 is 1.18. The van der Waals surface area contributed by atoms with Crippen LogP contribution in [-0.2, 0) is 10.3 Å². The number of rotatable bonds is 5. The van der Waals surface area contributed by atoms with Gasteiger partial charge in [-0.25, -0.2) is 4.68 Å². The van der Waals surface area contributed by atoms with E-state index in [0.717, 1.165) is 5.56 Å². The molecular formula is C22H21N3O3. The molecule has 0 radical (unpaired) electrons. The molecule has 6 nitrogen and oxygen atoms in total. The van der Waals surface area contributed by atoms with Gasteiger partial charge in [0.05, 0.1) is 5.69 Å². The minimum atomic E-state index is -1.24. The molecule has 0 bridgehead atoms. The van der Waals surface area contributed by atoms with Crippen LogP contribution in [0.2, 0.25) is 0 Å². The summed E-state index contributed by atoms with van der Waals surface area (Å²) in [6, 6.07) is 19.1. The van der Waals surface area contributed by atoms with E-state index in [1.54, 1.807) is 44.2 Å². The van der Waals surface area contributed by atoms with E-state index in [-0.39, 0.29) is 11.3 Å². The lowest BCUT2D eigenvalue weighted by Crippen LogP contribution is -2.47. The number of nitrogens with zero attached hydrogens (tertiary/aromatic N) is 2. The van der Waals surface area contributed by atoms with E-state index in [4.69, 9.17) is 0 Å². The fourth-order valence-electron chi connectivity index (χ4n) is 2.77. The van der Waals surface area contributed by atoms with Crippen LogP contribution >= 0.6 is 0 Å². The van der Waals surface area contributed by atoms with Gasteiger partial charge in [0.1, 0.15) is 5.54 Å². The van der Waals surface area contributed by atoms with Crippen molar-refractivity contribution in [2.75, 3.05) is 5.32 Å². The van der Waals surface area contributed by atoms with E-state index in [2.05, 4.69) is 10.4 Å². The second kappa shape index (κ2) is 7.60. The molecule has 0 aliphatic rings. The minimum Gasteiger partial charge on any atom is -0.324 e. The van der Waals surface area contributed by atoms with Crippen LogP contribution in [0.25, 0.3) is 11.3 Å². The molecule has 0 spiro atoms. The number of anilines is 1. The van der Waals surface area contributed by atoms with Gasteiger partial charge in [0.15, 0.2) is 5.78 Å². The topological polar surface area (TPSA) is 81.1 Å². The Balaban J connectivity index is 1.93. The van der Waals surface area contributed by atoms with Crippen molar-refractivity contribution < 1.29 is 9.59 Å². The molecular weight excluding hydrogens is 354 g/mol. The van der Waals surface area contributed by atoms with Gasteiger partial charge in [-0.05, 0) is 39.0 Å². The predicted octanol–water partition coefficient (Wildman–Crippen LogP) is 3.49. The van der Waals surface area contributed by atoms with E-state index in [1.807, 2.05) is 30.3 Å². The first kappa shape index (κ1) is 19.2. The highest BCUT2D eigenvalue weighted by atomic mass is 16.2. The number of amides is 1. The monoisotopic (exact) mass is 375 g/mol. The molecule has 0 aliphatic heterocycles. The fraction of sp³-hybridized carbons (Fsp3) is 0.182. The molecule has 1 aromatic heterocycles. The van der Waals surface area contributed by atoms with Gasteiger partial charge in [-0.1, -0.05) is 42.5 Å².